The van der Waals surface area contributed by atoms with Crippen LogP contribution in [-0.4, -0.2) is 47.4 Å². The fourth-order valence-corrected chi connectivity index (χ4v) is 11.9. The van der Waals surface area contributed by atoms with Crippen molar-refractivity contribution < 1.29 is 24.5 Å². The Labute approximate surface area is 507 Å². The Balaban J connectivity index is 3.27. The van der Waals surface area contributed by atoms with Crippen molar-refractivity contribution >= 4 is 11.9 Å². The number of unbranched alkanes of at least 4 members (excludes halogenated alkanes) is 55. The minimum atomic E-state index is -0.658. The summed E-state index contributed by atoms with van der Waals surface area (Å²) in [4.78, 5) is 24.5. The molecule has 0 aliphatic carbocycles. The predicted molar refractivity (Wildman–Crippen MR) is 356 cm³/mol. The van der Waals surface area contributed by atoms with Gasteiger partial charge in [0.05, 0.1) is 25.4 Å². The van der Waals surface area contributed by atoms with Gasteiger partial charge >= 0.3 is 5.97 Å². The van der Waals surface area contributed by atoms with Gasteiger partial charge in [-0.25, -0.2) is 0 Å². The first kappa shape index (κ1) is 79.3. The summed E-state index contributed by atoms with van der Waals surface area (Å²) in [6.07, 6.45) is 89.8. The molecule has 2 atom stereocenters. The lowest BCUT2D eigenvalue weighted by Gasteiger charge is -2.22. The second-order valence-corrected chi connectivity index (χ2v) is 25.6. The monoisotopic (exact) mass is 1140 g/mol. The molecular weight excluding hydrogens is 995 g/mol. The van der Waals surface area contributed by atoms with Gasteiger partial charge in [-0.05, 0) is 57.8 Å². The van der Waals surface area contributed by atoms with E-state index in [9.17, 15) is 19.8 Å². The first-order chi connectivity index (χ1) is 40.0. The molecule has 0 rings (SSSR count). The third-order valence-electron chi connectivity index (χ3n) is 17.5. The molecule has 0 radical (unpaired) electrons. The quantitative estimate of drug-likeness (QED) is 0.0320. The largest absolute Gasteiger partial charge is 0.466 e. The number of hydrogen-bond donors (Lipinski definition) is 3. The van der Waals surface area contributed by atoms with E-state index in [2.05, 4.69) is 43.5 Å². The number of rotatable bonds is 70. The average molecular weight is 1140 g/mol. The molecule has 6 heteroatoms. The standard InChI is InChI=1S/C75H145NO5/c1-3-5-7-9-11-13-15-16-17-39-43-46-49-53-57-61-65-69-75(80)81-70-66-62-58-54-50-47-44-41-38-36-34-32-30-28-26-24-22-20-18-19-21-23-25-27-29-31-33-35-37-40-42-45-48-52-56-60-64-68-74(79)76-72(71-77)73(78)67-63-59-55-51-14-12-10-8-6-4-2/h11,13,16-17,72-73,77-78H,3-10,12,14-15,18-71H2,1-2H3,(H,76,79)/b13-11-,17-16-. The van der Waals surface area contributed by atoms with E-state index in [1.807, 2.05) is 0 Å². The van der Waals surface area contributed by atoms with E-state index in [1.54, 1.807) is 0 Å². The molecule has 480 valence electrons. The predicted octanol–water partition coefficient (Wildman–Crippen LogP) is 24.1. The van der Waals surface area contributed by atoms with Crippen LogP contribution in [0.3, 0.4) is 0 Å². The Morgan fingerprint density at radius 2 is 0.617 bits per heavy atom. The van der Waals surface area contributed by atoms with E-state index in [-0.39, 0.29) is 18.5 Å². The first-order valence-electron chi connectivity index (χ1n) is 37.1. The second-order valence-electron chi connectivity index (χ2n) is 25.6. The Hall–Kier alpha value is -1.66. The van der Waals surface area contributed by atoms with Crippen LogP contribution in [0.25, 0.3) is 0 Å². The maximum atomic E-state index is 12.5. The molecular formula is C75H145NO5. The molecule has 0 saturated heterocycles. The van der Waals surface area contributed by atoms with E-state index in [1.165, 1.54) is 334 Å². The summed E-state index contributed by atoms with van der Waals surface area (Å²) in [6, 6.07) is -0.535. The molecule has 1 amide bonds. The highest BCUT2D eigenvalue weighted by atomic mass is 16.5. The summed E-state index contributed by atoms with van der Waals surface area (Å²) < 4.78 is 5.50. The van der Waals surface area contributed by atoms with Crippen molar-refractivity contribution in [3.05, 3.63) is 24.3 Å². The lowest BCUT2D eigenvalue weighted by atomic mass is 10.0. The smallest absolute Gasteiger partial charge is 0.305 e. The number of carbonyl (C=O) groups excluding carboxylic acids is 2. The molecule has 3 N–H and O–H groups in total. The topological polar surface area (TPSA) is 95.9 Å². The van der Waals surface area contributed by atoms with E-state index < -0.39 is 12.1 Å². The van der Waals surface area contributed by atoms with Crippen LogP contribution >= 0.6 is 0 Å². The molecule has 0 bridgehead atoms. The van der Waals surface area contributed by atoms with Crippen LogP contribution in [0.2, 0.25) is 0 Å². The van der Waals surface area contributed by atoms with Gasteiger partial charge in [-0.2, -0.15) is 0 Å². The van der Waals surface area contributed by atoms with Crippen LogP contribution < -0.4 is 5.32 Å². The number of aliphatic hydroxyl groups is 2. The molecule has 0 aliphatic rings. The van der Waals surface area contributed by atoms with Crippen molar-refractivity contribution in [3.63, 3.8) is 0 Å². The maximum absolute atomic E-state index is 12.5. The highest BCUT2D eigenvalue weighted by Gasteiger charge is 2.20. The van der Waals surface area contributed by atoms with Crippen molar-refractivity contribution in [2.75, 3.05) is 13.2 Å². The van der Waals surface area contributed by atoms with Gasteiger partial charge in [-0.3, -0.25) is 9.59 Å². The van der Waals surface area contributed by atoms with E-state index in [4.69, 9.17) is 4.74 Å². The first-order valence-corrected chi connectivity index (χ1v) is 37.1. The Morgan fingerprint density at radius 1 is 0.346 bits per heavy atom. The number of hydrogen-bond acceptors (Lipinski definition) is 5. The Kier molecular flexibility index (Phi) is 69.4. The lowest BCUT2D eigenvalue weighted by Crippen LogP contribution is -2.45. The average Bonchev–Trinajstić information content (AvgIpc) is 3.47. The number of aliphatic hydroxyl groups excluding tert-OH is 2. The SMILES string of the molecule is CCCCC/C=C\C/C=C\CCCCCCCCCC(=O)OCCCCCCCCCCCCCCCCCCCCCCCCCCCCCCCCCCCCCCCC(=O)NC(CO)C(O)CCCCCCCCCCCC. The lowest BCUT2D eigenvalue weighted by molar-refractivity contribution is -0.143. The summed E-state index contributed by atoms with van der Waals surface area (Å²) in [5.74, 6) is -0.0126. The summed E-state index contributed by atoms with van der Waals surface area (Å²) in [7, 11) is 0. The molecule has 2 unspecified atom stereocenters. The van der Waals surface area contributed by atoms with Crippen LogP contribution in [0.15, 0.2) is 24.3 Å². The number of allylic oxidation sites excluding steroid dienone is 4. The van der Waals surface area contributed by atoms with Crippen molar-refractivity contribution in [1.82, 2.24) is 5.32 Å². The van der Waals surface area contributed by atoms with Gasteiger partial charge in [0.2, 0.25) is 5.91 Å². The molecule has 6 nitrogen and oxygen atoms in total. The molecule has 0 aromatic rings. The second kappa shape index (κ2) is 70.8. The zero-order chi connectivity index (χ0) is 58.5. The van der Waals surface area contributed by atoms with Crippen LogP contribution in [0.1, 0.15) is 418 Å². The van der Waals surface area contributed by atoms with Crippen molar-refractivity contribution in [2.24, 2.45) is 0 Å². The minimum Gasteiger partial charge on any atom is -0.466 e. The van der Waals surface area contributed by atoms with E-state index in [0.717, 1.165) is 51.4 Å². The fourth-order valence-electron chi connectivity index (χ4n) is 11.9. The number of amides is 1. The zero-order valence-corrected chi connectivity index (χ0v) is 55.0. The minimum absolute atomic E-state index is 0.0161. The van der Waals surface area contributed by atoms with E-state index in [0.29, 0.717) is 25.9 Å². The molecule has 0 heterocycles. The fraction of sp³-hybridized carbons (Fsp3) is 0.920. The van der Waals surface area contributed by atoms with Gasteiger partial charge in [0.1, 0.15) is 0 Å². The number of nitrogens with one attached hydrogen (secondary N) is 1. The van der Waals surface area contributed by atoms with Gasteiger partial charge in [0, 0.05) is 12.8 Å². The van der Waals surface area contributed by atoms with Crippen LogP contribution in [0.4, 0.5) is 0 Å². The third-order valence-corrected chi connectivity index (χ3v) is 17.5. The van der Waals surface area contributed by atoms with Gasteiger partial charge in [0.25, 0.3) is 0 Å². The molecule has 0 spiro atoms. The van der Waals surface area contributed by atoms with Crippen LogP contribution in [-0.2, 0) is 14.3 Å². The molecule has 0 aliphatic heterocycles. The van der Waals surface area contributed by atoms with Crippen molar-refractivity contribution in [2.45, 2.75) is 431 Å². The van der Waals surface area contributed by atoms with Gasteiger partial charge < -0.3 is 20.3 Å². The van der Waals surface area contributed by atoms with Crippen molar-refractivity contribution in [3.8, 4) is 0 Å². The highest BCUT2D eigenvalue weighted by molar-refractivity contribution is 5.76. The van der Waals surface area contributed by atoms with Crippen LogP contribution in [0.5, 0.6) is 0 Å². The Bertz CT molecular complexity index is 1270. The van der Waals surface area contributed by atoms with Crippen LogP contribution in [0, 0.1) is 0 Å². The summed E-state index contributed by atoms with van der Waals surface area (Å²) in [5, 5.41) is 23.2. The normalized spacial score (nSPS) is 12.6. The summed E-state index contributed by atoms with van der Waals surface area (Å²) >= 11 is 0. The maximum Gasteiger partial charge on any atom is 0.305 e. The summed E-state index contributed by atoms with van der Waals surface area (Å²) in [6.45, 7) is 4.94. The van der Waals surface area contributed by atoms with Gasteiger partial charge in [-0.1, -0.05) is 372 Å². The number of esters is 1. The third kappa shape index (κ3) is 67.3. The molecule has 0 aromatic heterocycles. The zero-order valence-electron chi connectivity index (χ0n) is 55.0. The summed E-state index contributed by atoms with van der Waals surface area (Å²) in [5.41, 5.74) is 0. The Morgan fingerprint density at radius 3 is 0.963 bits per heavy atom. The van der Waals surface area contributed by atoms with Gasteiger partial charge in [-0.15, -0.1) is 0 Å². The highest BCUT2D eigenvalue weighted by Crippen LogP contribution is 2.20. The molecule has 81 heavy (non-hydrogen) atoms. The number of carbonyl (C=O) groups is 2. The van der Waals surface area contributed by atoms with Crippen molar-refractivity contribution in [1.29, 1.82) is 0 Å². The molecule has 0 aromatic carbocycles. The van der Waals surface area contributed by atoms with E-state index >= 15 is 0 Å². The molecule has 0 saturated carbocycles. The number of ether oxygens (including phenoxy) is 1. The molecule has 0 fully saturated rings. The van der Waals surface area contributed by atoms with Gasteiger partial charge in [0.15, 0.2) is 0 Å².